The van der Waals surface area contributed by atoms with Gasteiger partial charge in [0.2, 0.25) is 0 Å². The fraction of sp³-hybridized carbons (Fsp3) is 0.500. The lowest BCUT2D eigenvalue weighted by Crippen LogP contribution is -2.38. The van der Waals surface area contributed by atoms with Crippen LogP contribution in [0.25, 0.3) is 0 Å². The van der Waals surface area contributed by atoms with Crippen LogP contribution in [0.2, 0.25) is 0 Å². The second-order valence-electron chi connectivity index (χ2n) is 4.85. The molecule has 1 aliphatic carbocycles. The first-order valence-corrected chi connectivity index (χ1v) is 6.06. The van der Waals surface area contributed by atoms with Gasteiger partial charge >= 0.3 is 0 Å². The minimum absolute atomic E-state index is 0.258. The third-order valence-electron chi connectivity index (χ3n) is 3.44. The molecule has 0 radical (unpaired) electrons. The van der Waals surface area contributed by atoms with Crippen LogP contribution in [0, 0.1) is 30.0 Å². The molecule has 1 atom stereocenters. The molecule has 3 heteroatoms. The molecule has 2 nitrogen and oxygen atoms in total. The van der Waals surface area contributed by atoms with Crippen molar-refractivity contribution in [2.45, 2.75) is 38.6 Å². The SMILES string of the molecule is CCC(C#N)(Nc1cc(C)cc(F)c1)C1CC1. The van der Waals surface area contributed by atoms with E-state index < -0.39 is 5.54 Å². The summed E-state index contributed by atoms with van der Waals surface area (Å²) in [7, 11) is 0. The molecule has 1 saturated carbocycles. The predicted octanol–water partition coefficient (Wildman–Crippen LogP) is 3.63. The molecule has 1 unspecified atom stereocenters. The van der Waals surface area contributed by atoms with E-state index >= 15 is 0 Å². The number of halogens is 1. The van der Waals surface area contributed by atoms with Gasteiger partial charge in [-0.2, -0.15) is 5.26 Å². The maximum Gasteiger partial charge on any atom is 0.127 e. The van der Waals surface area contributed by atoms with Crippen molar-refractivity contribution in [2.75, 3.05) is 5.32 Å². The second kappa shape index (κ2) is 4.37. The number of anilines is 1. The number of aryl methyl sites for hydroxylation is 1. The number of nitriles is 1. The molecule has 0 heterocycles. The zero-order valence-corrected chi connectivity index (χ0v) is 10.3. The highest BCUT2D eigenvalue weighted by Crippen LogP contribution is 2.43. The first-order chi connectivity index (χ1) is 8.09. The summed E-state index contributed by atoms with van der Waals surface area (Å²) < 4.78 is 13.3. The van der Waals surface area contributed by atoms with Crippen LogP contribution in [0.15, 0.2) is 18.2 Å². The second-order valence-corrected chi connectivity index (χ2v) is 4.85. The minimum Gasteiger partial charge on any atom is -0.367 e. The molecule has 0 amide bonds. The Morgan fingerprint density at radius 1 is 1.47 bits per heavy atom. The molecule has 2 rings (SSSR count). The van der Waals surface area contributed by atoms with E-state index in [0.717, 1.165) is 24.8 Å². The summed E-state index contributed by atoms with van der Waals surface area (Å²) in [6, 6.07) is 7.21. The van der Waals surface area contributed by atoms with Crippen molar-refractivity contribution in [1.29, 1.82) is 5.26 Å². The van der Waals surface area contributed by atoms with Crippen molar-refractivity contribution in [3.63, 3.8) is 0 Å². The van der Waals surface area contributed by atoms with Crippen molar-refractivity contribution in [3.8, 4) is 6.07 Å². The van der Waals surface area contributed by atoms with E-state index in [-0.39, 0.29) is 5.82 Å². The topological polar surface area (TPSA) is 35.8 Å². The van der Waals surface area contributed by atoms with Gasteiger partial charge in [-0.3, -0.25) is 0 Å². The number of nitrogens with zero attached hydrogens (tertiary/aromatic N) is 1. The Labute approximate surface area is 101 Å². The lowest BCUT2D eigenvalue weighted by Gasteiger charge is -2.28. The summed E-state index contributed by atoms with van der Waals surface area (Å²) in [4.78, 5) is 0. The standard InChI is InChI=1S/C14H17FN2/c1-3-14(9-16,11-4-5-11)17-13-7-10(2)6-12(15)8-13/h6-8,11,17H,3-5H2,1-2H3. The zero-order valence-electron chi connectivity index (χ0n) is 10.3. The molecule has 0 spiro atoms. The van der Waals surface area contributed by atoms with E-state index in [1.807, 2.05) is 19.9 Å². The van der Waals surface area contributed by atoms with Gasteiger partial charge in [0, 0.05) is 5.69 Å². The molecule has 1 N–H and O–H groups in total. The molecule has 90 valence electrons. The smallest absolute Gasteiger partial charge is 0.127 e. The van der Waals surface area contributed by atoms with Crippen molar-refractivity contribution < 1.29 is 4.39 Å². The molecule has 17 heavy (non-hydrogen) atoms. The summed E-state index contributed by atoms with van der Waals surface area (Å²) in [5.74, 6) is 0.146. The highest BCUT2D eigenvalue weighted by molar-refractivity contribution is 5.50. The summed E-state index contributed by atoms with van der Waals surface area (Å²) in [6.07, 6.45) is 2.91. The third-order valence-corrected chi connectivity index (χ3v) is 3.44. The van der Waals surface area contributed by atoms with E-state index in [0.29, 0.717) is 11.6 Å². The largest absolute Gasteiger partial charge is 0.367 e. The normalized spacial score (nSPS) is 18.2. The van der Waals surface area contributed by atoms with Crippen LogP contribution in [0.3, 0.4) is 0 Å². The zero-order chi connectivity index (χ0) is 12.5. The number of nitrogens with one attached hydrogen (secondary N) is 1. The molecule has 1 aliphatic rings. The van der Waals surface area contributed by atoms with E-state index in [9.17, 15) is 9.65 Å². The molecule has 0 aliphatic heterocycles. The van der Waals surface area contributed by atoms with Crippen molar-refractivity contribution in [2.24, 2.45) is 5.92 Å². The Hall–Kier alpha value is -1.56. The van der Waals surface area contributed by atoms with Crippen LogP contribution < -0.4 is 5.32 Å². The summed E-state index contributed by atoms with van der Waals surface area (Å²) in [6.45, 7) is 3.85. The summed E-state index contributed by atoms with van der Waals surface area (Å²) in [5, 5.41) is 12.6. The van der Waals surface area contributed by atoms with Gasteiger partial charge in [-0.15, -0.1) is 0 Å². The van der Waals surface area contributed by atoms with Gasteiger partial charge in [0.1, 0.15) is 11.4 Å². The van der Waals surface area contributed by atoms with Crippen LogP contribution in [-0.4, -0.2) is 5.54 Å². The first kappa shape index (κ1) is 11.9. The number of benzene rings is 1. The van der Waals surface area contributed by atoms with E-state index in [4.69, 9.17) is 0 Å². The van der Waals surface area contributed by atoms with E-state index in [1.165, 1.54) is 12.1 Å². The average molecular weight is 232 g/mol. The minimum atomic E-state index is -0.528. The highest BCUT2D eigenvalue weighted by atomic mass is 19.1. The maximum absolute atomic E-state index is 13.3. The Morgan fingerprint density at radius 3 is 2.65 bits per heavy atom. The first-order valence-electron chi connectivity index (χ1n) is 6.06. The van der Waals surface area contributed by atoms with Gasteiger partial charge in [0.05, 0.1) is 6.07 Å². The van der Waals surface area contributed by atoms with Crippen LogP contribution >= 0.6 is 0 Å². The number of hydrogen-bond donors (Lipinski definition) is 1. The Bertz CT molecular complexity index is 440. The fourth-order valence-corrected chi connectivity index (χ4v) is 2.32. The monoisotopic (exact) mass is 232 g/mol. The van der Waals surface area contributed by atoms with Gasteiger partial charge in [0.25, 0.3) is 0 Å². The molecule has 0 bridgehead atoms. The van der Waals surface area contributed by atoms with Crippen LogP contribution in [0.5, 0.6) is 0 Å². The van der Waals surface area contributed by atoms with E-state index in [2.05, 4.69) is 11.4 Å². The van der Waals surface area contributed by atoms with Crippen LogP contribution in [0.4, 0.5) is 10.1 Å². The fourth-order valence-electron chi connectivity index (χ4n) is 2.32. The third kappa shape index (κ3) is 2.41. The molecule has 0 saturated heterocycles. The van der Waals surface area contributed by atoms with Crippen molar-refractivity contribution in [1.82, 2.24) is 0 Å². The predicted molar refractivity (Wildman–Crippen MR) is 66.1 cm³/mol. The van der Waals surface area contributed by atoms with Crippen LogP contribution in [0.1, 0.15) is 31.7 Å². The lowest BCUT2D eigenvalue weighted by molar-refractivity contribution is 0.499. The average Bonchev–Trinajstić information content (AvgIpc) is 3.09. The Kier molecular flexibility index (Phi) is 3.06. The quantitative estimate of drug-likeness (QED) is 0.860. The summed E-state index contributed by atoms with van der Waals surface area (Å²) in [5.41, 5.74) is 1.05. The highest BCUT2D eigenvalue weighted by Gasteiger charge is 2.44. The lowest BCUT2D eigenvalue weighted by atomic mass is 9.91. The molecule has 1 fully saturated rings. The Balaban J connectivity index is 2.26. The molecular formula is C14H17FN2. The molecular weight excluding hydrogens is 215 g/mol. The van der Waals surface area contributed by atoms with Gasteiger partial charge in [-0.25, -0.2) is 4.39 Å². The number of rotatable bonds is 4. The Morgan fingerprint density at radius 2 is 2.18 bits per heavy atom. The van der Waals surface area contributed by atoms with E-state index in [1.54, 1.807) is 0 Å². The summed E-state index contributed by atoms with van der Waals surface area (Å²) >= 11 is 0. The number of hydrogen-bond acceptors (Lipinski definition) is 2. The van der Waals surface area contributed by atoms with Crippen molar-refractivity contribution >= 4 is 5.69 Å². The van der Waals surface area contributed by atoms with Gasteiger partial charge in [-0.1, -0.05) is 6.92 Å². The van der Waals surface area contributed by atoms with Crippen LogP contribution in [-0.2, 0) is 0 Å². The maximum atomic E-state index is 13.3. The van der Waals surface area contributed by atoms with Crippen molar-refractivity contribution in [3.05, 3.63) is 29.6 Å². The van der Waals surface area contributed by atoms with Gasteiger partial charge in [0.15, 0.2) is 0 Å². The molecule has 0 aromatic heterocycles. The van der Waals surface area contributed by atoms with Gasteiger partial charge in [-0.05, 0) is 55.9 Å². The molecule has 1 aromatic rings. The van der Waals surface area contributed by atoms with Gasteiger partial charge < -0.3 is 5.32 Å². The molecule has 1 aromatic carbocycles.